The van der Waals surface area contributed by atoms with E-state index in [1.54, 1.807) is 6.33 Å². The normalized spacial score (nSPS) is 21.3. The summed E-state index contributed by atoms with van der Waals surface area (Å²) in [7, 11) is 0. The lowest BCUT2D eigenvalue weighted by Crippen LogP contribution is -2.41. The molecule has 5 heteroatoms. The summed E-state index contributed by atoms with van der Waals surface area (Å²) in [6.07, 6.45) is 1.45. The molecule has 0 saturated heterocycles. The summed E-state index contributed by atoms with van der Waals surface area (Å²) in [5.74, 6) is 0. The average Bonchev–Trinajstić information content (AvgIpc) is 2.48. The van der Waals surface area contributed by atoms with E-state index in [0.717, 1.165) is 11.4 Å². The van der Waals surface area contributed by atoms with Crippen LogP contribution < -0.4 is 0 Å². The molecule has 1 aliphatic heterocycles. The molecule has 0 aliphatic carbocycles. The van der Waals surface area contributed by atoms with Gasteiger partial charge in [-0.2, -0.15) is 0 Å². The van der Waals surface area contributed by atoms with Gasteiger partial charge in [-0.15, -0.1) is 0 Å². The van der Waals surface area contributed by atoms with Crippen LogP contribution in [-0.4, -0.2) is 32.1 Å². The van der Waals surface area contributed by atoms with E-state index in [-0.39, 0.29) is 6.04 Å². The Hall–Kier alpha value is -1.52. The standard InChI is InChI=1S/C8H11N3O2/c1-5-2-6-7(10-4-9-6)3-11(5)8(12)13/h4-5H,2-3H2,1H3,(H,9,10)(H,12,13). The van der Waals surface area contributed by atoms with Crippen LogP contribution in [0.3, 0.4) is 0 Å². The molecule has 0 bridgehead atoms. The monoisotopic (exact) mass is 181 g/mol. The molecule has 0 aromatic carbocycles. The van der Waals surface area contributed by atoms with Crippen LogP contribution in [0.15, 0.2) is 6.33 Å². The largest absolute Gasteiger partial charge is 0.465 e. The average molecular weight is 181 g/mol. The number of carboxylic acid groups (broad SMARTS) is 1. The van der Waals surface area contributed by atoms with Gasteiger partial charge in [-0.25, -0.2) is 9.78 Å². The number of rotatable bonds is 0. The van der Waals surface area contributed by atoms with Gasteiger partial charge in [0.25, 0.3) is 0 Å². The zero-order chi connectivity index (χ0) is 9.42. The summed E-state index contributed by atoms with van der Waals surface area (Å²) in [5, 5.41) is 8.86. The highest BCUT2D eigenvalue weighted by Gasteiger charge is 2.27. The van der Waals surface area contributed by atoms with E-state index in [9.17, 15) is 4.79 Å². The molecule has 1 aliphatic rings. The van der Waals surface area contributed by atoms with Gasteiger partial charge in [0, 0.05) is 12.5 Å². The predicted octanol–water partition coefficient (Wildman–Crippen LogP) is 0.834. The Kier molecular flexibility index (Phi) is 1.72. The van der Waals surface area contributed by atoms with Crippen molar-refractivity contribution in [2.45, 2.75) is 25.9 Å². The maximum Gasteiger partial charge on any atom is 0.407 e. The molecular formula is C8H11N3O2. The third-order valence-corrected chi connectivity index (χ3v) is 2.40. The summed E-state index contributed by atoms with van der Waals surface area (Å²) in [4.78, 5) is 19.3. The lowest BCUT2D eigenvalue weighted by molar-refractivity contribution is 0.118. The first kappa shape index (κ1) is 8.10. The predicted molar refractivity (Wildman–Crippen MR) is 45.3 cm³/mol. The smallest absolute Gasteiger partial charge is 0.407 e. The second kappa shape index (κ2) is 2.76. The molecule has 0 radical (unpaired) electrons. The maximum atomic E-state index is 10.8. The Bertz CT molecular complexity index is 334. The van der Waals surface area contributed by atoms with Gasteiger partial charge < -0.3 is 10.1 Å². The van der Waals surface area contributed by atoms with Crippen LogP contribution in [0.4, 0.5) is 4.79 Å². The topological polar surface area (TPSA) is 69.2 Å². The molecule has 0 saturated carbocycles. The van der Waals surface area contributed by atoms with Gasteiger partial charge in [-0.3, -0.25) is 4.90 Å². The molecular weight excluding hydrogens is 170 g/mol. The van der Waals surface area contributed by atoms with Crippen molar-refractivity contribution in [1.29, 1.82) is 0 Å². The number of aromatic amines is 1. The molecule has 5 nitrogen and oxygen atoms in total. The summed E-state index contributed by atoms with van der Waals surface area (Å²) in [5.41, 5.74) is 1.91. The van der Waals surface area contributed by atoms with Gasteiger partial charge in [0.05, 0.1) is 24.3 Å². The van der Waals surface area contributed by atoms with Gasteiger partial charge in [-0.1, -0.05) is 0 Å². The molecule has 1 aromatic heterocycles. The molecule has 0 spiro atoms. The molecule has 1 amide bonds. The highest BCUT2D eigenvalue weighted by molar-refractivity contribution is 5.65. The van der Waals surface area contributed by atoms with E-state index < -0.39 is 6.09 Å². The van der Waals surface area contributed by atoms with Gasteiger partial charge in [-0.05, 0) is 6.92 Å². The number of aromatic nitrogens is 2. The lowest BCUT2D eigenvalue weighted by Gasteiger charge is -2.29. The Morgan fingerprint density at radius 3 is 3.31 bits per heavy atom. The fourth-order valence-corrected chi connectivity index (χ4v) is 1.63. The molecule has 1 atom stereocenters. The molecule has 70 valence electrons. The van der Waals surface area contributed by atoms with E-state index >= 15 is 0 Å². The number of hydrogen-bond acceptors (Lipinski definition) is 2. The van der Waals surface area contributed by atoms with Crippen LogP contribution in [0.25, 0.3) is 0 Å². The van der Waals surface area contributed by atoms with Crippen molar-refractivity contribution in [3.63, 3.8) is 0 Å². The van der Waals surface area contributed by atoms with Crippen LogP contribution in [0, 0.1) is 0 Å². The fourth-order valence-electron chi connectivity index (χ4n) is 1.63. The van der Waals surface area contributed by atoms with Crippen LogP contribution in [0.5, 0.6) is 0 Å². The van der Waals surface area contributed by atoms with Crippen molar-refractivity contribution >= 4 is 6.09 Å². The molecule has 2 N–H and O–H groups in total. The van der Waals surface area contributed by atoms with E-state index in [1.165, 1.54) is 4.90 Å². The second-order valence-corrected chi connectivity index (χ2v) is 3.29. The summed E-state index contributed by atoms with van der Waals surface area (Å²) in [6, 6.07) is 0.0216. The highest BCUT2D eigenvalue weighted by Crippen LogP contribution is 2.19. The van der Waals surface area contributed by atoms with Crippen molar-refractivity contribution in [3.05, 3.63) is 17.7 Å². The number of amides is 1. The van der Waals surface area contributed by atoms with E-state index in [0.29, 0.717) is 13.0 Å². The van der Waals surface area contributed by atoms with E-state index in [2.05, 4.69) is 9.97 Å². The first-order valence-corrected chi connectivity index (χ1v) is 4.19. The number of fused-ring (bicyclic) bond motifs is 1. The van der Waals surface area contributed by atoms with Gasteiger partial charge in [0.1, 0.15) is 0 Å². The van der Waals surface area contributed by atoms with E-state index in [4.69, 9.17) is 5.11 Å². The molecule has 2 rings (SSSR count). The molecule has 1 unspecified atom stereocenters. The minimum atomic E-state index is -0.868. The SMILES string of the molecule is CC1Cc2nc[nH]c2CN1C(=O)O. The molecule has 2 heterocycles. The zero-order valence-electron chi connectivity index (χ0n) is 7.32. The van der Waals surface area contributed by atoms with Crippen molar-refractivity contribution in [3.8, 4) is 0 Å². The van der Waals surface area contributed by atoms with Crippen molar-refractivity contribution in [1.82, 2.24) is 14.9 Å². The summed E-state index contributed by atoms with van der Waals surface area (Å²) >= 11 is 0. The third kappa shape index (κ3) is 1.26. The minimum absolute atomic E-state index is 0.0216. The van der Waals surface area contributed by atoms with Crippen molar-refractivity contribution in [2.75, 3.05) is 0 Å². The van der Waals surface area contributed by atoms with Gasteiger partial charge >= 0.3 is 6.09 Å². The number of nitrogens with one attached hydrogen (secondary N) is 1. The quantitative estimate of drug-likeness (QED) is 0.623. The molecule has 13 heavy (non-hydrogen) atoms. The molecule has 1 aromatic rings. The highest BCUT2D eigenvalue weighted by atomic mass is 16.4. The lowest BCUT2D eigenvalue weighted by atomic mass is 10.1. The number of imidazole rings is 1. The Balaban J connectivity index is 2.27. The third-order valence-electron chi connectivity index (χ3n) is 2.40. The maximum absolute atomic E-state index is 10.8. The first-order valence-electron chi connectivity index (χ1n) is 4.19. The van der Waals surface area contributed by atoms with Crippen LogP contribution in [0.2, 0.25) is 0 Å². The number of carbonyl (C=O) groups is 1. The summed E-state index contributed by atoms with van der Waals surface area (Å²) < 4.78 is 0. The Labute approximate surface area is 75.4 Å². The van der Waals surface area contributed by atoms with E-state index in [1.807, 2.05) is 6.92 Å². The molecule has 0 fully saturated rings. The van der Waals surface area contributed by atoms with Crippen molar-refractivity contribution < 1.29 is 9.90 Å². The van der Waals surface area contributed by atoms with Crippen LogP contribution in [0.1, 0.15) is 18.3 Å². The van der Waals surface area contributed by atoms with Crippen molar-refractivity contribution in [2.24, 2.45) is 0 Å². The van der Waals surface area contributed by atoms with Crippen LogP contribution >= 0.6 is 0 Å². The summed E-state index contributed by atoms with van der Waals surface area (Å²) in [6.45, 7) is 2.32. The fraction of sp³-hybridized carbons (Fsp3) is 0.500. The Morgan fingerprint density at radius 1 is 1.85 bits per heavy atom. The zero-order valence-corrected chi connectivity index (χ0v) is 7.32. The first-order chi connectivity index (χ1) is 6.18. The number of nitrogens with zero attached hydrogens (tertiary/aromatic N) is 2. The second-order valence-electron chi connectivity index (χ2n) is 3.29. The van der Waals surface area contributed by atoms with Gasteiger partial charge in [0.15, 0.2) is 0 Å². The van der Waals surface area contributed by atoms with Gasteiger partial charge in [0.2, 0.25) is 0 Å². The Morgan fingerprint density at radius 2 is 2.62 bits per heavy atom. The number of H-pyrrole nitrogens is 1. The van der Waals surface area contributed by atoms with Crippen LogP contribution in [-0.2, 0) is 13.0 Å². The number of hydrogen-bond donors (Lipinski definition) is 2. The minimum Gasteiger partial charge on any atom is -0.465 e.